The van der Waals surface area contributed by atoms with Gasteiger partial charge in [-0.2, -0.15) is 0 Å². The second-order valence-corrected chi connectivity index (χ2v) is 7.42. The molecule has 1 aromatic heterocycles. The average molecular weight is 477 g/mol. The van der Waals surface area contributed by atoms with Crippen molar-refractivity contribution >= 4 is 74.9 Å². The van der Waals surface area contributed by atoms with Crippen LogP contribution in [0.25, 0.3) is 11.0 Å². The minimum Gasteiger partial charge on any atom is -0.497 e. The number of ether oxygens (including phenoxy) is 2. The third-order valence-corrected chi connectivity index (χ3v) is 5.51. The smallest absolute Gasteiger partial charge is 0.310 e. The van der Waals surface area contributed by atoms with Crippen LogP contribution in [0, 0.1) is 0 Å². The van der Waals surface area contributed by atoms with Crippen LogP contribution < -0.4 is 10.1 Å². The van der Waals surface area contributed by atoms with E-state index < -0.39 is 18.5 Å². The van der Waals surface area contributed by atoms with Crippen LogP contribution >= 0.6 is 46.4 Å². The topological polar surface area (TPSA) is 77.8 Å². The Bertz CT molecular complexity index is 1070. The molecule has 0 atom stereocenters. The lowest BCUT2D eigenvalue weighted by atomic mass is 10.1. The molecule has 0 aliphatic rings. The molecule has 152 valence electrons. The molecule has 0 saturated carbocycles. The highest BCUT2D eigenvalue weighted by molar-refractivity contribution is 6.50. The number of nitrogens with one attached hydrogen (secondary N) is 1. The summed E-state index contributed by atoms with van der Waals surface area (Å²) in [6, 6.07) is 6.60. The number of methoxy groups -OCH3 is 1. The van der Waals surface area contributed by atoms with Crippen molar-refractivity contribution in [3.63, 3.8) is 0 Å². The molecule has 1 N–H and O–H groups in total. The molecule has 3 rings (SSSR count). The van der Waals surface area contributed by atoms with Crippen molar-refractivity contribution < 1.29 is 23.5 Å². The van der Waals surface area contributed by atoms with Crippen molar-refractivity contribution in [3.8, 4) is 5.75 Å². The number of anilines is 1. The van der Waals surface area contributed by atoms with Gasteiger partial charge in [0.2, 0.25) is 0 Å². The summed E-state index contributed by atoms with van der Waals surface area (Å²) in [7, 11) is 1.55. The molecule has 0 fully saturated rings. The van der Waals surface area contributed by atoms with Gasteiger partial charge in [0.15, 0.2) is 6.61 Å². The van der Waals surface area contributed by atoms with E-state index >= 15 is 0 Å². The summed E-state index contributed by atoms with van der Waals surface area (Å²) in [6.45, 7) is -0.542. The van der Waals surface area contributed by atoms with Crippen molar-refractivity contribution in [3.05, 3.63) is 56.2 Å². The van der Waals surface area contributed by atoms with E-state index in [1.807, 2.05) is 0 Å². The lowest BCUT2D eigenvalue weighted by Crippen LogP contribution is -2.22. The summed E-state index contributed by atoms with van der Waals surface area (Å²) in [5, 5.41) is 3.49. The molecule has 29 heavy (non-hydrogen) atoms. The lowest BCUT2D eigenvalue weighted by Gasteiger charge is -2.12. The van der Waals surface area contributed by atoms with Crippen LogP contribution in [-0.2, 0) is 20.7 Å². The molecule has 0 aliphatic carbocycles. The number of esters is 1. The maximum atomic E-state index is 12.1. The number of carbonyl (C=O) groups is 2. The van der Waals surface area contributed by atoms with Crippen LogP contribution in [-0.4, -0.2) is 25.6 Å². The van der Waals surface area contributed by atoms with E-state index in [2.05, 4.69) is 5.32 Å². The van der Waals surface area contributed by atoms with Gasteiger partial charge in [-0.15, -0.1) is 0 Å². The molecule has 0 saturated heterocycles. The summed E-state index contributed by atoms with van der Waals surface area (Å²) < 4.78 is 15.6. The first kappa shape index (κ1) is 21.6. The van der Waals surface area contributed by atoms with E-state index in [4.69, 9.17) is 60.3 Å². The van der Waals surface area contributed by atoms with Gasteiger partial charge in [0.25, 0.3) is 5.91 Å². The van der Waals surface area contributed by atoms with E-state index in [1.165, 1.54) is 12.3 Å². The fourth-order valence-corrected chi connectivity index (χ4v) is 3.44. The van der Waals surface area contributed by atoms with E-state index in [1.54, 1.807) is 25.3 Å². The van der Waals surface area contributed by atoms with Crippen LogP contribution in [0.1, 0.15) is 5.56 Å². The van der Waals surface area contributed by atoms with Gasteiger partial charge >= 0.3 is 5.97 Å². The minimum absolute atomic E-state index is 0.0287. The van der Waals surface area contributed by atoms with Gasteiger partial charge in [0.05, 0.1) is 45.6 Å². The number of rotatable bonds is 6. The van der Waals surface area contributed by atoms with Crippen LogP contribution in [0.5, 0.6) is 5.75 Å². The molecule has 6 nitrogen and oxygen atoms in total. The van der Waals surface area contributed by atoms with Crippen molar-refractivity contribution in [1.82, 2.24) is 0 Å². The summed E-state index contributed by atoms with van der Waals surface area (Å²) in [4.78, 5) is 24.2. The number of hydrogen-bond acceptors (Lipinski definition) is 5. The van der Waals surface area contributed by atoms with Crippen LogP contribution in [0.4, 0.5) is 5.69 Å². The molecule has 0 spiro atoms. The number of halogens is 4. The van der Waals surface area contributed by atoms with Crippen LogP contribution in [0.15, 0.2) is 34.9 Å². The standard InChI is InChI=1S/C19H13Cl4NO5/c1-27-10-2-3-11-9(7-28-14(11)5-10)4-16(26)29-8-15(25)24-19-17(22)12(20)6-13(21)18(19)23/h2-3,5-7H,4,8H2,1H3,(H,24,25). The number of amides is 1. The van der Waals surface area contributed by atoms with Crippen molar-refractivity contribution in [2.45, 2.75) is 6.42 Å². The fourth-order valence-electron chi connectivity index (χ4n) is 2.54. The molecule has 2 aromatic carbocycles. The van der Waals surface area contributed by atoms with Gasteiger partial charge in [0, 0.05) is 17.0 Å². The van der Waals surface area contributed by atoms with E-state index in [0.29, 0.717) is 16.9 Å². The molecule has 0 aliphatic heterocycles. The monoisotopic (exact) mass is 475 g/mol. The van der Waals surface area contributed by atoms with Crippen LogP contribution in [0.2, 0.25) is 20.1 Å². The average Bonchev–Trinajstić information content (AvgIpc) is 3.10. The molecule has 0 unspecified atom stereocenters. The Morgan fingerprint density at radius 1 is 1.07 bits per heavy atom. The lowest BCUT2D eigenvalue weighted by molar-refractivity contribution is -0.146. The van der Waals surface area contributed by atoms with Crippen molar-refractivity contribution in [2.75, 3.05) is 19.0 Å². The van der Waals surface area contributed by atoms with E-state index in [9.17, 15) is 9.59 Å². The number of benzene rings is 2. The summed E-state index contributed by atoms with van der Waals surface area (Å²) >= 11 is 23.9. The first-order chi connectivity index (χ1) is 13.8. The maximum Gasteiger partial charge on any atom is 0.310 e. The third-order valence-electron chi connectivity index (χ3n) is 3.94. The second-order valence-electron chi connectivity index (χ2n) is 5.85. The molecule has 3 aromatic rings. The molecule has 10 heteroatoms. The van der Waals surface area contributed by atoms with E-state index in [-0.39, 0.29) is 32.2 Å². The van der Waals surface area contributed by atoms with Crippen molar-refractivity contribution in [1.29, 1.82) is 0 Å². The summed E-state index contributed by atoms with van der Waals surface area (Å²) in [6.07, 6.45) is 1.38. The molecule has 1 amide bonds. The molecule has 1 heterocycles. The number of furan rings is 1. The normalized spacial score (nSPS) is 10.8. The maximum absolute atomic E-state index is 12.1. The Labute approximate surface area is 185 Å². The van der Waals surface area contributed by atoms with Gasteiger partial charge in [-0.1, -0.05) is 46.4 Å². The van der Waals surface area contributed by atoms with Gasteiger partial charge < -0.3 is 19.2 Å². The Morgan fingerprint density at radius 2 is 1.76 bits per heavy atom. The number of carbonyl (C=O) groups excluding carboxylic acids is 2. The van der Waals surface area contributed by atoms with Gasteiger partial charge in [-0.05, 0) is 18.2 Å². The molecule has 0 radical (unpaired) electrons. The van der Waals surface area contributed by atoms with Gasteiger partial charge in [-0.25, -0.2) is 0 Å². The fraction of sp³-hybridized carbons (Fsp3) is 0.158. The highest BCUT2D eigenvalue weighted by atomic mass is 35.5. The highest BCUT2D eigenvalue weighted by Crippen LogP contribution is 2.41. The van der Waals surface area contributed by atoms with Gasteiger partial charge in [-0.3, -0.25) is 9.59 Å². The largest absolute Gasteiger partial charge is 0.497 e. The first-order valence-corrected chi connectivity index (χ1v) is 9.64. The SMILES string of the molecule is COc1ccc2c(CC(=O)OCC(=O)Nc3c(Cl)c(Cl)cc(Cl)c3Cl)coc2c1. The Balaban J connectivity index is 1.61. The predicted octanol–water partition coefficient (Wildman–Crippen LogP) is 5.78. The zero-order valence-electron chi connectivity index (χ0n) is 14.9. The highest BCUT2D eigenvalue weighted by Gasteiger charge is 2.18. The minimum atomic E-state index is -0.651. The molecular weight excluding hydrogens is 464 g/mol. The predicted molar refractivity (Wildman–Crippen MR) is 113 cm³/mol. The van der Waals surface area contributed by atoms with E-state index in [0.717, 1.165) is 5.39 Å². The number of fused-ring (bicyclic) bond motifs is 1. The Hall–Kier alpha value is -2.12. The zero-order valence-corrected chi connectivity index (χ0v) is 17.9. The van der Waals surface area contributed by atoms with Crippen molar-refractivity contribution in [2.24, 2.45) is 0 Å². The Kier molecular flexibility index (Phi) is 6.80. The molecular formula is C19H13Cl4NO5. The summed E-state index contributed by atoms with van der Waals surface area (Å²) in [5.74, 6) is -0.627. The second kappa shape index (κ2) is 9.13. The van der Waals surface area contributed by atoms with Crippen LogP contribution in [0.3, 0.4) is 0 Å². The summed E-state index contributed by atoms with van der Waals surface area (Å²) in [5.41, 5.74) is 1.24. The number of hydrogen-bond donors (Lipinski definition) is 1. The zero-order chi connectivity index (χ0) is 21.1. The first-order valence-electron chi connectivity index (χ1n) is 8.12. The quantitative estimate of drug-likeness (QED) is 0.360. The molecule has 0 bridgehead atoms. The third kappa shape index (κ3) is 4.90. The van der Waals surface area contributed by atoms with Gasteiger partial charge in [0.1, 0.15) is 11.3 Å². The Morgan fingerprint density at radius 3 is 2.41 bits per heavy atom.